The van der Waals surface area contributed by atoms with Gasteiger partial charge >= 0.3 is 12.4 Å². The number of aromatic nitrogens is 4. The number of halogens is 7. The van der Waals surface area contributed by atoms with Crippen molar-refractivity contribution in [3.05, 3.63) is 59.0 Å². The summed E-state index contributed by atoms with van der Waals surface area (Å²) in [5, 5.41) is -0.524. The van der Waals surface area contributed by atoms with Gasteiger partial charge in [0.25, 0.3) is 0 Å². The molecule has 0 atom stereocenters. The molecular formula is C22H15ClF6N4O2S. The van der Waals surface area contributed by atoms with Crippen LogP contribution in [0.3, 0.4) is 0 Å². The van der Waals surface area contributed by atoms with Crippen LogP contribution in [-0.4, -0.2) is 33.7 Å². The maximum absolute atomic E-state index is 13.3. The Kier molecular flexibility index (Phi) is 6.28. The highest BCUT2D eigenvalue weighted by Crippen LogP contribution is 2.38. The van der Waals surface area contributed by atoms with Gasteiger partial charge in [0.1, 0.15) is 11.4 Å². The van der Waals surface area contributed by atoms with E-state index in [9.17, 15) is 34.8 Å². The Labute approximate surface area is 205 Å². The van der Waals surface area contributed by atoms with E-state index in [-0.39, 0.29) is 44.3 Å². The number of benzene rings is 1. The molecule has 0 radical (unpaired) electrons. The number of pyridine rings is 2. The van der Waals surface area contributed by atoms with Crippen LogP contribution in [0.2, 0.25) is 5.02 Å². The van der Waals surface area contributed by atoms with E-state index in [1.54, 1.807) is 0 Å². The second-order valence-corrected chi connectivity index (χ2v) is 10.4. The van der Waals surface area contributed by atoms with Gasteiger partial charge in [-0.1, -0.05) is 24.6 Å². The maximum atomic E-state index is 13.3. The Bertz CT molecular complexity index is 1600. The van der Waals surface area contributed by atoms with Crippen LogP contribution < -0.4 is 0 Å². The van der Waals surface area contributed by atoms with E-state index in [0.29, 0.717) is 0 Å². The molecule has 0 amide bonds. The molecule has 0 aliphatic carbocycles. The predicted octanol–water partition coefficient (Wildman–Crippen LogP) is 6.18. The Hall–Kier alpha value is -3.19. The van der Waals surface area contributed by atoms with Crippen molar-refractivity contribution in [3.63, 3.8) is 0 Å². The van der Waals surface area contributed by atoms with Crippen LogP contribution in [0.5, 0.6) is 0 Å². The Morgan fingerprint density at radius 1 is 0.944 bits per heavy atom. The summed E-state index contributed by atoms with van der Waals surface area (Å²) in [7, 11) is -2.55. The van der Waals surface area contributed by atoms with E-state index in [4.69, 9.17) is 11.6 Å². The number of rotatable bonds is 4. The second kappa shape index (κ2) is 8.73. The lowest BCUT2D eigenvalue weighted by atomic mass is 10.0. The lowest BCUT2D eigenvalue weighted by Crippen LogP contribution is -2.09. The van der Waals surface area contributed by atoms with Crippen LogP contribution in [0, 0.1) is 0 Å². The summed E-state index contributed by atoms with van der Waals surface area (Å²) < 4.78 is 106. The molecule has 0 spiro atoms. The minimum absolute atomic E-state index is 0.0161. The summed E-state index contributed by atoms with van der Waals surface area (Å²) >= 11 is 5.68. The summed E-state index contributed by atoms with van der Waals surface area (Å²) in [5.41, 5.74) is -2.27. The van der Waals surface area contributed by atoms with Gasteiger partial charge in [-0.2, -0.15) is 26.3 Å². The van der Waals surface area contributed by atoms with Crippen molar-refractivity contribution in [1.29, 1.82) is 0 Å². The fourth-order valence-electron chi connectivity index (χ4n) is 3.54. The fourth-order valence-corrected chi connectivity index (χ4v) is 4.82. The SMILES string of the molecule is CCS(=O)(=O)c1cc(-c2ccc(Cl)c(C(F)(F)F)c2)cnc1-c1nc2cc(C(F)(F)F)ncc2n1C. The van der Waals surface area contributed by atoms with Gasteiger partial charge in [0.15, 0.2) is 15.7 Å². The number of sulfone groups is 1. The highest BCUT2D eigenvalue weighted by Gasteiger charge is 2.34. The van der Waals surface area contributed by atoms with E-state index in [1.165, 1.54) is 24.6 Å². The molecule has 190 valence electrons. The molecule has 0 aliphatic rings. The third-order valence-electron chi connectivity index (χ3n) is 5.44. The number of fused-ring (bicyclic) bond motifs is 1. The van der Waals surface area contributed by atoms with Gasteiger partial charge in [-0.25, -0.2) is 18.4 Å². The molecule has 6 nitrogen and oxygen atoms in total. The van der Waals surface area contributed by atoms with Gasteiger partial charge in [0.05, 0.1) is 38.5 Å². The molecule has 0 aliphatic heterocycles. The first-order chi connectivity index (χ1) is 16.6. The number of aryl methyl sites for hydroxylation is 1. The highest BCUT2D eigenvalue weighted by atomic mass is 35.5. The van der Waals surface area contributed by atoms with E-state index in [2.05, 4.69) is 15.0 Å². The fraction of sp³-hybridized carbons (Fsp3) is 0.227. The average molecular weight is 549 g/mol. The van der Waals surface area contributed by atoms with Crippen molar-refractivity contribution < 1.29 is 34.8 Å². The summed E-state index contributed by atoms with van der Waals surface area (Å²) in [6, 6.07) is 4.99. The van der Waals surface area contributed by atoms with E-state index in [1.807, 2.05) is 0 Å². The maximum Gasteiger partial charge on any atom is 0.433 e. The molecule has 0 unspecified atom stereocenters. The summed E-state index contributed by atoms with van der Waals surface area (Å²) in [6.07, 6.45) is -7.33. The second-order valence-electron chi connectivity index (χ2n) is 7.72. The normalized spacial score (nSPS) is 12.9. The first-order valence-electron chi connectivity index (χ1n) is 10.1. The van der Waals surface area contributed by atoms with Gasteiger partial charge in [0.2, 0.25) is 0 Å². The number of hydrogen-bond acceptors (Lipinski definition) is 5. The van der Waals surface area contributed by atoms with Crippen molar-refractivity contribution >= 4 is 32.5 Å². The van der Waals surface area contributed by atoms with Gasteiger partial charge in [-0.15, -0.1) is 0 Å². The lowest BCUT2D eigenvalue weighted by Gasteiger charge is -2.13. The third kappa shape index (κ3) is 4.64. The molecule has 0 bridgehead atoms. The van der Waals surface area contributed by atoms with E-state index < -0.39 is 38.5 Å². The molecule has 4 rings (SSSR count). The van der Waals surface area contributed by atoms with E-state index in [0.717, 1.165) is 36.7 Å². The minimum Gasteiger partial charge on any atom is -0.324 e. The van der Waals surface area contributed by atoms with E-state index >= 15 is 0 Å². The van der Waals surface area contributed by atoms with Crippen LogP contribution in [0.15, 0.2) is 47.6 Å². The zero-order valence-corrected chi connectivity index (χ0v) is 20.0. The lowest BCUT2D eigenvalue weighted by molar-refractivity contribution is -0.141. The quantitative estimate of drug-likeness (QED) is 0.285. The van der Waals surface area contributed by atoms with Crippen molar-refractivity contribution in [1.82, 2.24) is 19.5 Å². The molecular weight excluding hydrogens is 534 g/mol. The van der Waals surface area contributed by atoms with Crippen LogP contribution in [0.1, 0.15) is 18.2 Å². The van der Waals surface area contributed by atoms with Crippen LogP contribution in [0.25, 0.3) is 33.7 Å². The van der Waals surface area contributed by atoms with Gasteiger partial charge in [0, 0.05) is 18.8 Å². The highest BCUT2D eigenvalue weighted by molar-refractivity contribution is 7.91. The molecule has 4 aromatic rings. The third-order valence-corrected chi connectivity index (χ3v) is 7.51. The number of hydrogen-bond donors (Lipinski definition) is 0. The largest absolute Gasteiger partial charge is 0.433 e. The smallest absolute Gasteiger partial charge is 0.324 e. The standard InChI is InChI=1S/C22H15ClF6N4O2S/c1-3-36(34,35)17-7-12(11-4-5-14(23)13(6-11)21(24,25)26)9-31-19(17)20-32-15-8-18(22(27,28)29)30-10-16(15)33(20)2/h4-10H,3H2,1-2H3. The summed E-state index contributed by atoms with van der Waals surface area (Å²) in [5.74, 6) is -0.430. The zero-order chi connectivity index (χ0) is 26.6. The number of imidazole rings is 1. The van der Waals surface area contributed by atoms with Crippen LogP contribution >= 0.6 is 11.6 Å². The number of alkyl halides is 6. The van der Waals surface area contributed by atoms with Crippen molar-refractivity contribution in [2.24, 2.45) is 7.05 Å². The Morgan fingerprint density at radius 3 is 2.25 bits per heavy atom. The van der Waals surface area contributed by atoms with Gasteiger partial charge < -0.3 is 4.57 Å². The summed E-state index contributed by atoms with van der Waals surface area (Å²) in [6.45, 7) is 1.37. The van der Waals surface area contributed by atoms with Crippen molar-refractivity contribution in [2.75, 3.05) is 5.75 Å². The minimum atomic E-state index is -4.74. The average Bonchev–Trinajstić information content (AvgIpc) is 3.13. The van der Waals surface area contributed by atoms with Crippen LogP contribution in [-0.2, 0) is 29.2 Å². The van der Waals surface area contributed by atoms with Gasteiger partial charge in [-0.3, -0.25) is 4.98 Å². The topological polar surface area (TPSA) is 77.7 Å². The first kappa shape index (κ1) is 25.9. The van der Waals surface area contributed by atoms with Gasteiger partial charge in [-0.05, 0) is 29.8 Å². The molecule has 0 N–H and O–H groups in total. The molecule has 0 saturated carbocycles. The van der Waals surface area contributed by atoms with Crippen molar-refractivity contribution in [3.8, 4) is 22.6 Å². The monoisotopic (exact) mass is 548 g/mol. The summed E-state index contributed by atoms with van der Waals surface area (Å²) in [4.78, 5) is 11.4. The molecule has 14 heteroatoms. The molecule has 3 heterocycles. The molecule has 36 heavy (non-hydrogen) atoms. The van der Waals surface area contributed by atoms with Crippen molar-refractivity contribution in [2.45, 2.75) is 24.2 Å². The Balaban J connectivity index is 1.93. The first-order valence-corrected chi connectivity index (χ1v) is 12.2. The molecule has 3 aromatic heterocycles. The number of nitrogens with zero attached hydrogens (tertiary/aromatic N) is 4. The van der Waals surface area contributed by atoms with Crippen LogP contribution in [0.4, 0.5) is 26.3 Å². The molecule has 0 fully saturated rings. The Morgan fingerprint density at radius 2 is 1.64 bits per heavy atom. The predicted molar refractivity (Wildman–Crippen MR) is 120 cm³/mol. The zero-order valence-electron chi connectivity index (χ0n) is 18.4. The molecule has 0 saturated heterocycles. The molecule has 1 aromatic carbocycles.